The van der Waals surface area contributed by atoms with Gasteiger partial charge in [-0.1, -0.05) is 6.58 Å². The first-order valence-corrected chi connectivity index (χ1v) is 8.23. The highest BCUT2D eigenvalue weighted by Crippen LogP contribution is 2.37. The summed E-state index contributed by atoms with van der Waals surface area (Å²) in [5.41, 5.74) is 2.86. The Morgan fingerprint density at radius 1 is 1.08 bits per heavy atom. The van der Waals surface area contributed by atoms with Gasteiger partial charge in [0.2, 0.25) is 0 Å². The molecule has 0 spiro atoms. The molecule has 24 heavy (non-hydrogen) atoms. The average molecular weight is 317 g/mol. The van der Waals surface area contributed by atoms with Gasteiger partial charge in [-0.2, -0.15) is 0 Å². The van der Waals surface area contributed by atoms with Crippen molar-refractivity contribution in [2.24, 2.45) is 4.99 Å². The van der Waals surface area contributed by atoms with E-state index in [0.717, 1.165) is 57.4 Å². The number of anilines is 1. The van der Waals surface area contributed by atoms with E-state index in [1.807, 2.05) is 24.3 Å². The van der Waals surface area contributed by atoms with Gasteiger partial charge in [0.25, 0.3) is 0 Å². The zero-order valence-corrected chi connectivity index (χ0v) is 13.9. The number of benzene rings is 2. The van der Waals surface area contributed by atoms with Crippen LogP contribution in [0.2, 0.25) is 0 Å². The molecule has 1 aromatic heterocycles. The van der Waals surface area contributed by atoms with Crippen molar-refractivity contribution in [3.8, 4) is 11.5 Å². The van der Waals surface area contributed by atoms with Gasteiger partial charge < -0.3 is 9.64 Å². The molecule has 0 aliphatic carbocycles. The third-order valence-corrected chi connectivity index (χ3v) is 4.43. The number of hydrogen-bond acceptors (Lipinski definition) is 4. The number of ether oxygens (including phenoxy) is 1. The molecule has 1 aliphatic rings. The first-order valence-electron chi connectivity index (χ1n) is 8.23. The smallest absolute Gasteiger partial charge is 0.155 e. The first kappa shape index (κ1) is 14.7. The Morgan fingerprint density at radius 2 is 1.92 bits per heavy atom. The Morgan fingerprint density at radius 3 is 2.71 bits per heavy atom. The summed E-state index contributed by atoms with van der Waals surface area (Å²) < 4.78 is 6.16. The van der Waals surface area contributed by atoms with Gasteiger partial charge in [0.05, 0.1) is 5.52 Å². The van der Waals surface area contributed by atoms with E-state index in [4.69, 9.17) is 9.73 Å². The quantitative estimate of drug-likeness (QED) is 0.580. The van der Waals surface area contributed by atoms with Gasteiger partial charge in [-0.25, -0.2) is 4.99 Å². The highest BCUT2D eigenvalue weighted by molar-refractivity contribution is 5.81. The lowest BCUT2D eigenvalue weighted by Gasteiger charge is -2.23. The van der Waals surface area contributed by atoms with Crippen LogP contribution in [0.3, 0.4) is 0 Å². The van der Waals surface area contributed by atoms with Crippen molar-refractivity contribution >= 4 is 28.9 Å². The minimum atomic E-state index is 0.740. The highest BCUT2D eigenvalue weighted by atomic mass is 16.5. The number of hydrogen-bond donors (Lipinski definition) is 0. The number of nitrogens with zero attached hydrogens (tertiary/aromatic N) is 3. The molecule has 2 heterocycles. The van der Waals surface area contributed by atoms with Crippen LogP contribution in [-0.2, 0) is 0 Å². The van der Waals surface area contributed by atoms with Crippen LogP contribution < -0.4 is 20.2 Å². The van der Waals surface area contributed by atoms with Gasteiger partial charge >= 0.3 is 0 Å². The molecule has 4 nitrogen and oxygen atoms in total. The molecule has 0 bridgehead atoms. The Labute approximate surface area is 140 Å². The minimum Gasteiger partial charge on any atom is -0.453 e. The van der Waals surface area contributed by atoms with Gasteiger partial charge in [0, 0.05) is 36.4 Å². The first-order chi connectivity index (χ1) is 11.7. The van der Waals surface area contributed by atoms with E-state index < -0.39 is 0 Å². The highest BCUT2D eigenvalue weighted by Gasteiger charge is 2.16. The molecule has 0 fully saturated rings. The number of pyridine rings is 1. The predicted octanol–water partition coefficient (Wildman–Crippen LogP) is 3.55. The summed E-state index contributed by atoms with van der Waals surface area (Å²) in [6.07, 6.45) is 1.78. The van der Waals surface area contributed by atoms with Crippen LogP contribution in [0, 0.1) is 0 Å². The second-order valence-corrected chi connectivity index (χ2v) is 5.82. The fourth-order valence-corrected chi connectivity index (χ4v) is 3.17. The molecule has 1 aliphatic heterocycles. The lowest BCUT2D eigenvalue weighted by Crippen LogP contribution is -2.22. The van der Waals surface area contributed by atoms with E-state index in [1.54, 1.807) is 6.20 Å². The molecule has 0 radical (unpaired) electrons. The summed E-state index contributed by atoms with van der Waals surface area (Å²) in [4.78, 5) is 11.5. The Kier molecular flexibility index (Phi) is 3.45. The fourth-order valence-electron chi connectivity index (χ4n) is 3.17. The normalized spacial score (nSPS) is 12.1. The van der Waals surface area contributed by atoms with Crippen molar-refractivity contribution in [3.05, 3.63) is 53.2 Å². The Bertz CT molecular complexity index is 1040. The molecule has 0 atom stereocenters. The summed E-state index contributed by atoms with van der Waals surface area (Å²) in [6, 6.07) is 12.0. The van der Waals surface area contributed by atoms with Crippen molar-refractivity contribution < 1.29 is 4.74 Å². The van der Waals surface area contributed by atoms with E-state index in [0.29, 0.717) is 0 Å². The van der Waals surface area contributed by atoms with Crippen molar-refractivity contribution in [2.75, 3.05) is 18.0 Å². The summed E-state index contributed by atoms with van der Waals surface area (Å²) in [6.45, 7) is 10.3. The Hall–Kier alpha value is -2.88. The molecule has 0 saturated heterocycles. The van der Waals surface area contributed by atoms with Gasteiger partial charge in [-0.15, -0.1) is 0 Å². The number of fused-ring (bicyclic) bond motifs is 4. The van der Waals surface area contributed by atoms with Gasteiger partial charge in [0.1, 0.15) is 11.0 Å². The number of aromatic nitrogens is 1. The molecule has 0 unspecified atom stereocenters. The van der Waals surface area contributed by atoms with E-state index in [-0.39, 0.29) is 0 Å². The van der Waals surface area contributed by atoms with Gasteiger partial charge in [-0.3, -0.25) is 4.98 Å². The second kappa shape index (κ2) is 5.64. The van der Waals surface area contributed by atoms with E-state index in [9.17, 15) is 0 Å². The van der Waals surface area contributed by atoms with Crippen molar-refractivity contribution in [1.82, 2.24) is 4.98 Å². The van der Waals surface area contributed by atoms with Crippen LogP contribution in [0.25, 0.3) is 17.5 Å². The summed E-state index contributed by atoms with van der Waals surface area (Å²) >= 11 is 0. The summed E-state index contributed by atoms with van der Waals surface area (Å²) in [5, 5.41) is 2.65. The molecular formula is C20H19N3O. The molecule has 0 saturated carbocycles. The van der Waals surface area contributed by atoms with E-state index in [2.05, 4.69) is 42.4 Å². The maximum atomic E-state index is 6.16. The van der Waals surface area contributed by atoms with Crippen molar-refractivity contribution in [2.45, 2.75) is 13.8 Å². The summed E-state index contributed by atoms with van der Waals surface area (Å²) in [5.74, 6) is 1.53. The standard InChI is InChI=1S/C20H19N3O/c1-4-23(5-2)14-8-9-16-17(12-14)24-18-11-13(3)19-15(20(18)22-16)7-6-10-21-19/h6-12H,3-5H2,1-2H3. The average Bonchev–Trinajstić information content (AvgIpc) is 2.62. The van der Waals surface area contributed by atoms with Gasteiger partial charge in [-0.05, 0) is 49.4 Å². The maximum Gasteiger partial charge on any atom is 0.155 e. The van der Waals surface area contributed by atoms with Crippen LogP contribution >= 0.6 is 0 Å². The van der Waals surface area contributed by atoms with Crippen molar-refractivity contribution in [1.29, 1.82) is 0 Å². The van der Waals surface area contributed by atoms with Crippen LogP contribution in [0.5, 0.6) is 11.5 Å². The third kappa shape index (κ3) is 2.22. The topological polar surface area (TPSA) is 37.7 Å². The molecule has 2 aromatic carbocycles. The van der Waals surface area contributed by atoms with Crippen LogP contribution in [-0.4, -0.2) is 18.1 Å². The largest absolute Gasteiger partial charge is 0.453 e. The van der Waals surface area contributed by atoms with Crippen LogP contribution in [0.4, 0.5) is 11.4 Å². The molecule has 4 heteroatoms. The monoisotopic (exact) mass is 317 g/mol. The fraction of sp³-hybridized carbons (Fsp3) is 0.200. The van der Waals surface area contributed by atoms with E-state index >= 15 is 0 Å². The Balaban J connectivity index is 1.93. The summed E-state index contributed by atoms with van der Waals surface area (Å²) in [7, 11) is 0. The maximum absolute atomic E-state index is 6.16. The zero-order valence-electron chi connectivity index (χ0n) is 13.9. The molecule has 4 rings (SSSR count). The minimum absolute atomic E-state index is 0.740. The van der Waals surface area contributed by atoms with Gasteiger partial charge in [0.15, 0.2) is 11.5 Å². The molecule has 120 valence electrons. The molecule has 0 amide bonds. The molecule has 0 N–H and O–H groups in total. The lowest BCUT2D eigenvalue weighted by molar-refractivity contribution is 0.471. The number of rotatable bonds is 3. The van der Waals surface area contributed by atoms with Crippen LogP contribution in [0.1, 0.15) is 13.8 Å². The van der Waals surface area contributed by atoms with Crippen molar-refractivity contribution in [3.63, 3.8) is 0 Å². The lowest BCUT2D eigenvalue weighted by atomic mass is 10.1. The molecular weight excluding hydrogens is 298 g/mol. The predicted molar refractivity (Wildman–Crippen MR) is 97.8 cm³/mol. The zero-order chi connectivity index (χ0) is 16.7. The SMILES string of the molecule is C=c1cc2c(c3cccnc13)=Nc1ccc(N(CC)CC)cc1O2. The third-order valence-electron chi connectivity index (χ3n) is 4.43. The van der Waals surface area contributed by atoms with Crippen LogP contribution in [0.15, 0.2) is 47.6 Å². The van der Waals surface area contributed by atoms with E-state index in [1.165, 1.54) is 0 Å². The molecule has 3 aromatic rings. The second-order valence-electron chi connectivity index (χ2n) is 5.82.